The van der Waals surface area contributed by atoms with E-state index in [1.54, 1.807) is 7.11 Å². The molecule has 2 nitrogen and oxygen atoms in total. The molecule has 94 valence electrons. The van der Waals surface area contributed by atoms with Crippen molar-refractivity contribution in [1.29, 1.82) is 0 Å². The number of hydrogen-bond acceptors (Lipinski definition) is 2. The molecular weight excluding hydrogens is 246 g/mol. The van der Waals surface area contributed by atoms with Crippen molar-refractivity contribution in [3.63, 3.8) is 0 Å². The van der Waals surface area contributed by atoms with Crippen molar-refractivity contribution in [1.82, 2.24) is 5.32 Å². The van der Waals surface area contributed by atoms with Crippen molar-refractivity contribution in [3.8, 4) is 5.75 Å². The van der Waals surface area contributed by atoms with Crippen molar-refractivity contribution in [2.75, 3.05) is 7.11 Å². The van der Waals surface area contributed by atoms with Gasteiger partial charge in [-0.3, -0.25) is 0 Å². The van der Waals surface area contributed by atoms with Crippen LogP contribution in [0.1, 0.15) is 11.1 Å². The van der Waals surface area contributed by atoms with Gasteiger partial charge in [0.25, 0.3) is 0 Å². The average Bonchev–Trinajstić information content (AvgIpc) is 2.39. The van der Waals surface area contributed by atoms with Crippen LogP contribution in [0.2, 0.25) is 5.02 Å². The van der Waals surface area contributed by atoms with Gasteiger partial charge in [0.15, 0.2) is 0 Å². The molecule has 0 atom stereocenters. The first-order chi connectivity index (χ1) is 8.79. The number of para-hydroxylation sites is 1. The zero-order chi connectivity index (χ0) is 12.8. The third-order valence-electron chi connectivity index (χ3n) is 2.73. The minimum atomic E-state index is 0.770. The van der Waals surface area contributed by atoms with Gasteiger partial charge in [0.2, 0.25) is 0 Å². The van der Waals surface area contributed by atoms with Crippen molar-refractivity contribution >= 4 is 11.6 Å². The van der Waals surface area contributed by atoms with E-state index >= 15 is 0 Å². The summed E-state index contributed by atoms with van der Waals surface area (Å²) in [4.78, 5) is 0. The average molecular weight is 262 g/mol. The summed E-state index contributed by atoms with van der Waals surface area (Å²) in [5.41, 5.74) is 2.33. The van der Waals surface area contributed by atoms with E-state index in [4.69, 9.17) is 16.3 Å². The van der Waals surface area contributed by atoms with Gasteiger partial charge in [-0.15, -0.1) is 0 Å². The van der Waals surface area contributed by atoms with E-state index in [0.29, 0.717) is 0 Å². The van der Waals surface area contributed by atoms with Gasteiger partial charge in [-0.2, -0.15) is 0 Å². The van der Waals surface area contributed by atoms with E-state index in [9.17, 15) is 0 Å². The van der Waals surface area contributed by atoms with Crippen LogP contribution < -0.4 is 10.1 Å². The van der Waals surface area contributed by atoms with E-state index in [1.807, 2.05) is 36.4 Å². The molecule has 2 rings (SSSR count). The molecule has 0 amide bonds. The lowest BCUT2D eigenvalue weighted by atomic mass is 10.2. The lowest BCUT2D eigenvalue weighted by Gasteiger charge is -2.09. The maximum absolute atomic E-state index is 5.94. The molecule has 0 fully saturated rings. The van der Waals surface area contributed by atoms with Crippen molar-refractivity contribution in [2.45, 2.75) is 13.1 Å². The monoisotopic (exact) mass is 261 g/mol. The van der Waals surface area contributed by atoms with Crippen LogP contribution in [0.15, 0.2) is 48.5 Å². The number of ether oxygens (including phenoxy) is 1. The van der Waals surface area contributed by atoms with E-state index < -0.39 is 0 Å². The van der Waals surface area contributed by atoms with Crippen LogP contribution in [0.3, 0.4) is 0 Å². The fourth-order valence-corrected chi connectivity index (χ4v) is 2.05. The highest BCUT2D eigenvalue weighted by atomic mass is 35.5. The largest absolute Gasteiger partial charge is 0.496 e. The lowest BCUT2D eigenvalue weighted by Crippen LogP contribution is -2.13. The molecule has 0 radical (unpaired) electrons. The SMILES string of the molecule is COc1ccccc1CNCc1cccc(Cl)c1. The minimum Gasteiger partial charge on any atom is -0.496 e. The second kappa shape index (κ2) is 6.43. The molecule has 0 aromatic heterocycles. The van der Waals surface area contributed by atoms with Gasteiger partial charge < -0.3 is 10.1 Å². The summed E-state index contributed by atoms with van der Waals surface area (Å²) in [5, 5.41) is 4.15. The standard InChI is InChI=1S/C15H16ClNO/c1-18-15-8-3-2-6-13(15)11-17-10-12-5-4-7-14(16)9-12/h2-9,17H,10-11H2,1H3. The molecule has 2 aromatic carbocycles. The van der Waals surface area contributed by atoms with Crippen LogP contribution in [-0.2, 0) is 13.1 Å². The van der Waals surface area contributed by atoms with E-state index in [2.05, 4.69) is 17.4 Å². The molecule has 0 aliphatic carbocycles. The van der Waals surface area contributed by atoms with Gasteiger partial charge in [-0.25, -0.2) is 0 Å². The topological polar surface area (TPSA) is 21.3 Å². The van der Waals surface area contributed by atoms with Crippen LogP contribution in [0, 0.1) is 0 Å². The van der Waals surface area contributed by atoms with Gasteiger partial charge in [-0.1, -0.05) is 41.9 Å². The van der Waals surface area contributed by atoms with Crippen molar-refractivity contribution < 1.29 is 4.74 Å². The highest BCUT2D eigenvalue weighted by Gasteiger charge is 2.01. The minimum absolute atomic E-state index is 0.770. The summed E-state index contributed by atoms with van der Waals surface area (Å²) in [7, 11) is 1.69. The zero-order valence-electron chi connectivity index (χ0n) is 10.3. The Morgan fingerprint density at radius 3 is 2.67 bits per heavy atom. The Kier molecular flexibility index (Phi) is 4.62. The van der Waals surface area contributed by atoms with Gasteiger partial charge in [0, 0.05) is 23.7 Å². The predicted octanol–water partition coefficient (Wildman–Crippen LogP) is 3.64. The summed E-state index contributed by atoms with van der Waals surface area (Å²) < 4.78 is 5.31. The second-order valence-electron chi connectivity index (χ2n) is 4.05. The Labute approximate surface area is 113 Å². The third-order valence-corrected chi connectivity index (χ3v) is 2.96. The number of benzene rings is 2. The predicted molar refractivity (Wildman–Crippen MR) is 75.0 cm³/mol. The molecule has 1 N–H and O–H groups in total. The lowest BCUT2D eigenvalue weighted by molar-refractivity contribution is 0.407. The third kappa shape index (κ3) is 3.49. The smallest absolute Gasteiger partial charge is 0.123 e. The van der Waals surface area contributed by atoms with Gasteiger partial charge >= 0.3 is 0 Å². The fraction of sp³-hybridized carbons (Fsp3) is 0.200. The Morgan fingerprint density at radius 1 is 1.06 bits per heavy atom. The molecule has 2 aromatic rings. The normalized spacial score (nSPS) is 10.3. The van der Waals surface area contributed by atoms with Crippen molar-refractivity contribution in [3.05, 3.63) is 64.7 Å². The van der Waals surface area contributed by atoms with E-state index in [0.717, 1.165) is 29.4 Å². The number of hydrogen-bond donors (Lipinski definition) is 1. The molecule has 0 aliphatic rings. The molecule has 3 heteroatoms. The Balaban J connectivity index is 1.92. The molecule has 0 saturated heterocycles. The number of methoxy groups -OCH3 is 1. The highest BCUT2D eigenvalue weighted by Crippen LogP contribution is 2.17. The number of rotatable bonds is 5. The van der Waals surface area contributed by atoms with Crippen LogP contribution in [0.25, 0.3) is 0 Å². The summed E-state index contributed by atoms with van der Waals surface area (Å²) in [5.74, 6) is 0.913. The summed E-state index contributed by atoms with van der Waals surface area (Å²) in [6.07, 6.45) is 0. The van der Waals surface area contributed by atoms with Crippen molar-refractivity contribution in [2.24, 2.45) is 0 Å². The van der Waals surface area contributed by atoms with Gasteiger partial charge in [0.05, 0.1) is 7.11 Å². The molecule has 0 spiro atoms. The van der Waals surface area contributed by atoms with Crippen LogP contribution >= 0.6 is 11.6 Å². The number of halogens is 1. The van der Waals surface area contributed by atoms with Crippen LogP contribution in [0.4, 0.5) is 0 Å². The molecular formula is C15H16ClNO. The molecule has 0 saturated carbocycles. The first-order valence-corrected chi connectivity index (χ1v) is 6.24. The Hall–Kier alpha value is -1.51. The molecule has 0 heterocycles. The Morgan fingerprint density at radius 2 is 1.89 bits per heavy atom. The summed E-state index contributed by atoms with van der Waals surface area (Å²) in [6.45, 7) is 1.56. The van der Waals surface area contributed by atoms with E-state index in [1.165, 1.54) is 5.56 Å². The zero-order valence-corrected chi connectivity index (χ0v) is 11.1. The van der Waals surface area contributed by atoms with Gasteiger partial charge in [0.1, 0.15) is 5.75 Å². The molecule has 0 bridgehead atoms. The molecule has 0 unspecified atom stereocenters. The first kappa shape index (κ1) is 12.9. The quantitative estimate of drug-likeness (QED) is 0.887. The first-order valence-electron chi connectivity index (χ1n) is 5.86. The highest BCUT2D eigenvalue weighted by molar-refractivity contribution is 6.30. The van der Waals surface area contributed by atoms with Crippen LogP contribution in [0.5, 0.6) is 5.75 Å². The second-order valence-corrected chi connectivity index (χ2v) is 4.48. The van der Waals surface area contributed by atoms with Gasteiger partial charge in [-0.05, 0) is 23.8 Å². The summed E-state index contributed by atoms with van der Waals surface area (Å²) in [6, 6.07) is 15.9. The fourth-order valence-electron chi connectivity index (χ4n) is 1.84. The summed E-state index contributed by atoms with van der Waals surface area (Å²) >= 11 is 5.94. The van der Waals surface area contributed by atoms with E-state index in [-0.39, 0.29) is 0 Å². The van der Waals surface area contributed by atoms with Crippen LogP contribution in [-0.4, -0.2) is 7.11 Å². The molecule has 0 aliphatic heterocycles. The maximum atomic E-state index is 5.94. The number of nitrogens with one attached hydrogen (secondary N) is 1. The Bertz CT molecular complexity index is 513. The molecule has 18 heavy (non-hydrogen) atoms. The maximum Gasteiger partial charge on any atom is 0.123 e.